The second-order valence-electron chi connectivity index (χ2n) is 4.76. The first-order valence-electron chi connectivity index (χ1n) is 6.95. The van der Waals surface area contributed by atoms with Gasteiger partial charge in [0.1, 0.15) is 6.10 Å². The van der Waals surface area contributed by atoms with Crippen LogP contribution in [-0.4, -0.2) is 74.3 Å². The number of hydrazine groups is 1. The lowest BCUT2D eigenvalue weighted by molar-refractivity contribution is -0.307. The summed E-state index contributed by atoms with van der Waals surface area (Å²) in [5.41, 5.74) is 0. The second-order valence-corrected chi connectivity index (χ2v) is 4.76. The molecule has 1 aliphatic rings. The third-order valence-corrected chi connectivity index (χ3v) is 3.75. The van der Waals surface area contributed by atoms with Crippen LogP contribution < -0.4 is 0 Å². The highest BCUT2D eigenvalue weighted by molar-refractivity contribution is 4.93. The van der Waals surface area contributed by atoms with E-state index in [0.717, 1.165) is 26.1 Å². The van der Waals surface area contributed by atoms with Crippen LogP contribution in [0.4, 0.5) is 0 Å². The molecule has 2 atom stereocenters. The molecule has 0 amide bonds. The lowest BCUT2D eigenvalue weighted by Crippen LogP contribution is -2.66. The van der Waals surface area contributed by atoms with E-state index in [4.69, 9.17) is 9.47 Å². The van der Waals surface area contributed by atoms with E-state index in [1.165, 1.54) is 0 Å². The molecule has 0 spiro atoms. The molecule has 1 heterocycles. The van der Waals surface area contributed by atoms with E-state index in [0.29, 0.717) is 6.61 Å². The van der Waals surface area contributed by atoms with Gasteiger partial charge in [0.2, 0.25) is 5.85 Å². The molecule has 0 aromatic carbocycles. The van der Waals surface area contributed by atoms with E-state index in [-0.39, 0.29) is 6.10 Å². The number of likely N-dealkylation sites (N-methyl/N-ethyl adjacent to an activating group) is 1. The number of hydrogen-bond donors (Lipinski definition) is 0. The van der Waals surface area contributed by atoms with Gasteiger partial charge >= 0.3 is 0 Å². The Bertz CT molecular complexity index is 246. The Labute approximate surface area is 112 Å². The van der Waals surface area contributed by atoms with Gasteiger partial charge in [-0.25, -0.2) is 5.01 Å². The molecule has 0 aromatic heterocycles. The predicted molar refractivity (Wildman–Crippen MR) is 73.1 cm³/mol. The quantitative estimate of drug-likeness (QED) is 0.641. The largest absolute Gasteiger partial charge is 0.375 e. The Kier molecular flexibility index (Phi) is 6.01. The van der Waals surface area contributed by atoms with E-state index in [2.05, 4.69) is 42.9 Å². The maximum absolute atomic E-state index is 6.14. The molecule has 2 unspecified atom stereocenters. The summed E-state index contributed by atoms with van der Waals surface area (Å²) in [5, 5.41) is 4.65. The highest BCUT2D eigenvalue weighted by Crippen LogP contribution is 2.35. The van der Waals surface area contributed by atoms with Gasteiger partial charge in [0.25, 0.3) is 0 Å². The number of hydrogen-bond acceptors (Lipinski definition) is 5. The fourth-order valence-corrected chi connectivity index (χ4v) is 2.96. The van der Waals surface area contributed by atoms with Crippen LogP contribution >= 0.6 is 0 Å². The topological polar surface area (TPSA) is 28.2 Å². The molecule has 0 radical (unpaired) electrons. The maximum atomic E-state index is 6.14. The van der Waals surface area contributed by atoms with Crippen molar-refractivity contribution in [2.24, 2.45) is 0 Å². The standard InChI is InChI=1S/C13H29N3O2/c1-7-15(8-2)16-11-10-12(17-6)13(16,14(4)5)18-9-3/h12H,7-11H2,1-6H3. The van der Waals surface area contributed by atoms with E-state index in [1.54, 1.807) is 7.11 Å². The summed E-state index contributed by atoms with van der Waals surface area (Å²) in [7, 11) is 5.89. The summed E-state index contributed by atoms with van der Waals surface area (Å²) in [6.07, 6.45) is 1.07. The van der Waals surface area contributed by atoms with Gasteiger partial charge in [-0.1, -0.05) is 13.8 Å². The van der Waals surface area contributed by atoms with Gasteiger partial charge in [-0.3, -0.25) is 4.90 Å². The summed E-state index contributed by atoms with van der Waals surface area (Å²) >= 11 is 0. The summed E-state index contributed by atoms with van der Waals surface area (Å²) in [6.45, 7) is 10.0. The molecule has 1 saturated heterocycles. The monoisotopic (exact) mass is 259 g/mol. The molecule has 5 nitrogen and oxygen atoms in total. The van der Waals surface area contributed by atoms with Gasteiger partial charge in [-0.2, -0.15) is 5.01 Å². The summed E-state index contributed by atoms with van der Waals surface area (Å²) in [6, 6.07) is 0. The summed E-state index contributed by atoms with van der Waals surface area (Å²) in [4.78, 5) is 2.13. The SMILES string of the molecule is CCOC1(N(C)C)C(OC)CCN1N(CC)CC. The molecule has 1 aliphatic heterocycles. The van der Waals surface area contributed by atoms with Crippen molar-refractivity contribution in [2.45, 2.75) is 39.1 Å². The minimum Gasteiger partial charge on any atom is -0.375 e. The lowest BCUT2D eigenvalue weighted by Gasteiger charge is -2.49. The first-order valence-corrected chi connectivity index (χ1v) is 6.95. The van der Waals surface area contributed by atoms with Crippen molar-refractivity contribution in [1.82, 2.24) is 14.9 Å². The van der Waals surface area contributed by atoms with Crippen molar-refractivity contribution in [3.63, 3.8) is 0 Å². The average Bonchev–Trinajstić information content (AvgIpc) is 2.71. The fraction of sp³-hybridized carbons (Fsp3) is 1.00. The number of nitrogens with zero attached hydrogens (tertiary/aromatic N) is 3. The van der Waals surface area contributed by atoms with Crippen LogP contribution in [0.3, 0.4) is 0 Å². The number of ether oxygens (including phenoxy) is 2. The van der Waals surface area contributed by atoms with Crippen molar-refractivity contribution >= 4 is 0 Å². The zero-order valence-corrected chi connectivity index (χ0v) is 12.8. The third-order valence-electron chi connectivity index (χ3n) is 3.75. The minimum atomic E-state index is -0.477. The molecular weight excluding hydrogens is 230 g/mol. The summed E-state index contributed by atoms with van der Waals surface area (Å²) in [5.74, 6) is -0.477. The van der Waals surface area contributed by atoms with Crippen LogP contribution in [0, 0.1) is 0 Å². The van der Waals surface area contributed by atoms with Crippen LogP contribution in [0.25, 0.3) is 0 Å². The Morgan fingerprint density at radius 1 is 1.22 bits per heavy atom. The van der Waals surface area contributed by atoms with Crippen molar-refractivity contribution in [1.29, 1.82) is 0 Å². The third kappa shape index (κ3) is 2.56. The van der Waals surface area contributed by atoms with Gasteiger partial charge in [0.05, 0.1) is 0 Å². The molecule has 0 N–H and O–H groups in total. The van der Waals surface area contributed by atoms with Gasteiger partial charge in [-0.15, -0.1) is 0 Å². The Balaban J connectivity index is 3.07. The summed E-state index contributed by atoms with van der Waals surface area (Å²) < 4.78 is 11.8. The van der Waals surface area contributed by atoms with Gasteiger partial charge in [-0.05, 0) is 27.4 Å². The minimum absolute atomic E-state index is 0.0769. The average molecular weight is 259 g/mol. The number of methoxy groups -OCH3 is 1. The molecule has 1 rings (SSSR count). The molecule has 108 valence electrons. The smallest absolute Gasteiger partial charge is 0.219 e. The fourth-order valence-electron chi connectivity index (χ4n) is 2.96. The van der Waals surface area contributed by atoms with E-state index in [1.807, 2.05) is 6.92 Å². The molecular formula is C13H29N3O2. The molecule has 5 heteroatoms. The predicted octanol–water partition coefficient (Wildman–Crippen LogP) is 1.22. The Morgan fingerprint density at radius 3 is 2.22 bits per heavy atom. The van der Waals surface area contributed by atoms with Crippen LogP contribution in [0.15, 0.2) is 0 Å². The van der Waals surface area contributed by atoms with Gasteiger partial charge in [0.15, 0.2) is 0 Å². The van der Waals surface area contributed by atoms with Crippen molar-refractivity contribution < 1.29 is 9.47 Å². The molecule has 0 aromatic rings. The second kappa shape index (κ2) is 6.82. The van der Waals surface area contributed by atoms with Crippen LogP contribution in [0.5, 0.6) is 0 Å². The zero-order valence-electron chi connectivity index (χ0n) is 12.8. The van der Waals surface area contributed by atoms with E-state index >= 15 is 0 Å². The molecule has 0 aliphatic carbocycles. The first kappa shape index (κ1) is 15.9. The highest BCUT2D eigenvalue weighted by atomic mass is 16.6. The van der Waals surface area contributed by atoms with Crippen LogP contribution in [0.2, 0.25) is 0 Å². The van der Waals surface area contributed by atoms with Crippen molar-refractivity contribution in [2.75, 3.05) is 47.4 Å². The normalized spacial score (nSPS) is 29.7. The van der Waals surface area contributed by atoms with Gasteiger partial charge < -0.3 is 9.47 Å². The van der Waals surface area contributed by atoms with Crippen molar-refractivity contribution in [3.05, 3.63) is 0 Å². The zero-order chi connectivity index (χ0) is 13.8. The van der Waals surface area contributed by atoms with Crippen molar-refractivity contribution in [3.8, 4) is 0 Å². The molecule has 0 saturated carbocycles. The lowest BCUT2D eigenvalue weighted by atomic mass is 10.2. The molecule has 0 bridgehead atoms. The molecule has 1 fully saturated rings. The van der Waals surface area contributed by atoms with Gasteiger partial charge in [0, 0.05) is 33.4 Å². The van der Waals surface area contributed by atoms with Crippen LogP contribution in [0.1, 0.15) is 27.2 Å². The highest BCUT2D eigenvalue weighted by Gasteiger charge is 2.54. The Hall–Kier alpha value is -0.200. The molecule has 18 heavy (non-hydrogen) atoms. The van der Waals surface area contributed by atoms with E-state index in [9.17, 15) is 0 Å². The first-order chi connectivity index (χ1) is 8.58. The van der Waals surface area contributed by atoms with Crippen LogP contribution in [-0.2, 0) is 9.47 Å². The maximum Gasteiger partial charge on any atom is 0.219 e. The number of rotatable bonds is 7. The Morgan fingerprint density at radius 2 is 1.83 bits per heavy atom. The van der Waals surface area contributed by atoms with E-state index < -0.39 is 5.85 Å².